The molecule has 86 valence electrons. The van der Waals surface area contributed by atoms with E-state index in [0.717, 1.165) is 17.5 Å². The Morgan fingerprint density at radius 1 is 1.12 bits per heavy atom. The summed E-state index contributed by atoms with van der Waals surface area (Å²) in [6, 6.07) is 7.82. The van der Waals surface area contributed by atoms with Gasteiger partial charge < -0.3 is 5.11 Å². The van der Waals surface area contributed by atoms with E-state index >= 15 is 0 Å². The molecule has 0 fully saturated rings. The van der Waals surface area contributed by atoms with E-state index in [9.17, 15) is 9.90 Å². The first-order chi connectivity index (χ1) is 8.24. The summed E-state index contributed by atoms with van der Waals surface area (Å²) in [5, 5.41) is 9.51. The molecule has 0 aliphatic heterocycles. The molecular formula is C15H14O2. The van der Waals surface area contributed by atoms with E-state index in [1.54, 1.807) is 6.08 Å². The highest BCUT2D eigenvalue weighted by Crippen LogP contribution is 2.33. The Bertz CT molecular complexity index is 525. The Balaban J connectivity index is 2.02. The van der Waals surface area contributed by atoms with Gasteiger partial charge in [0.1, 0.15) is 5.76 Å². The fraction of sp³-hybridized carbons (Fsp3) is 0.267. The van der Waals surface area contributed by atoms with Gasteiger partial charge in [-0.1, -0.05) is 30.3 Å². The van der Waals surface area contributed by atoms with Crippen LogP contribution in [-0.4, -0.2) is 10.9 Å². The van der Waals surface area contributed by atoms with Crippen molar-refractivity contribution in [3.8, 4) is 0 Å². The lowest BCUT2D eigenvalue weighted by molar-refractivity contribution is 0.0966. The smallest absolute Gasteiger partial charge is 0.163 e. The molecule has 2 aliphatic rings. The van der Waals surface area contributed by atoms with Gasteiger partial charge in [-0.3, -0.25) is 4.79 Å². The molecule has 1 aromatic carbocycles. The van der Waals surface area contributed by atoms with Gasteiger partial charge in [-0.05, 0) is 36.0 Å². The summed E-state index contributed by atoms with van der Waals surface area (Å²) in [5.74, 6) is 0.941. The van der Waals surface area contributed by atoms with Crippen LogP contribution >= 0.6 is 0 Å². The number of ketones is 1. The van der Waals surface area contributed by atoms with Crippen molar-refractivity contribution in [2.45, 2.75) is 12.8 Å². The van der Waals surface area contributed by atoms with E-state index < -0.39 is 0 Å². The number of carbonyl (C=O) groups excluding carboxylic acids is 1. The highest BCUT2D eigenvalue weighted by molar-refractivity contribution is 5.98. The largest absolute Gasteiger partial charge is 0.508 e. The van der Waals surface area contributed by atoms with Crippen LogP contribution in [0.15, 0.2) is 48.3 Å². The zero-order valence-corrected chi connectivity index (χ0v) is 9.47. The maximum atomic E-state index is 12.1. The van der Waals surface area contributed by atoms with Crippen LogP contribution in [0.2, 0.25) is 0 Å². The fourth-order valence-corrected chi connectivity index (χ4v) is 2.74. The van der Waals surface area contributed by atoms with Crippen molar-refractivity contribution in [1.29, 1.82) is 0 Å². The zero-order valence-electron chi connectivity index (χ0n) is 9.47. The quantitative estimate of drug-likeness (QED) is 0.738. The van der Waals surface area contributed by atoms with Crippen LogP contribution in [0.4, 0.5) is 0 Å². The van der Waals surface area contributed by atoms with Crippen molar-refractivity contribution < 1.29 is 9.90 Å². The third-order valence-corrected chi connectivity index (χ3v) is 3.64. The van der Waals surface area contributed by atoms with Gasteiger partial charge in [0.2, 0.25) is 0 Å². The summed E-state index contributed by atoms with van der Waals surface area (Å²) in [5.41, 5.74) is 1.98. The van der Waals surface area contributed by atoms with Crippen molar-refractivity contribution in [3.05, 3.63) is 59.4 Å². The van der Waals surface area contributed by atoms with Crippen molar-refractivity contribution in [1.82, 2.24) is 0 Å². The Morgan fingerprint density at radius 2 is 1.94 bits per heavy atom. The Labute approximate surface area is 100 Å². The number of fused-ring (bicyclic) bond motifs is 2. The standard InChI is InChI=1S/C15H14O2/c16-13-6-5-10-7-11-3-1-2-4-14(11)15(17)9-12(10)8-13/h1-6,8,10,12,16H,7,9H2. The minimum atomic E-state index is 0.139. The second-order valence-electron chi connectivity index (χ2n) is 4.77. The number of carbonyl (C=O) groups is 1. The summed E-state index contributed by atoms with van der Waals surface area (Å²) < 4.78 is 0. The highest BCUT2D eigenvalue weighted by Gasteiger charge is 2.29. The normalized spacial score (nSPS) is 26.8. The first-order valence-electron chi connectivity index (χ1n) is 5.94. The van der Waals surface area contributed by atoms with E-state index in [1.807, 2.05) is 36.4 Å². The van der Waals surface area contributed by atoms with Crippen LogP contribution in [0, 0.1) is 11.8 Å². The molecule has 0 spiro atoms. The second-order valence-corrected chi connectivity index (χ2v) is 4.77. The molecule has 0 radical (unpaired) electrons. The maximum Gasteiger partial charge on any atom is 0.163 e. The Kier molecular flexibility index (Phi) is 2.36. The molecule has 2 atom stereocenters. The molecule has 17 heavy (non-hydrogen) atoms. The van der Waals surface area contributed by atoms with Gasteiger partial charge in [0.25, 0.3) is 0 Å². The molecule has 3 rings (SSSR count). The SMILES string of the molecule is O=C1CC2C=C(O)C=CC2Cc2ccccc21. The first-order valence-corrected chi connectivity index (χ1v) is 5.94. The first kappa shape index (κ1) is 10.3. The summed E-state index contributed by atoms with van der Waals surface area (Å²) in [6.07, 6.45) is 6.95. The lowest BCUT2D eigenvalue weighted by atomic mass is 9.83. The van der Waals surface area contributed by atoms with Crippen LogP contribution in [0.5, 0.6) is 0 Å². The van der Waals surface area contributed by atoms with Gasteiger partial charge >= 0.3 is 0 Å². The molecule has 2 unspecified atom stereocenters. The number of aliphatic hydroxyl groups is 1. The molecule has 0 amide bonds. The molecule has 0 saturated heterocycles. The molecule has 2 aliphatic carbocycles. The van der Waals surface area contributed by atoms with E-state index in [-0.39, 0.29) is 17.5 Å². The van der Waals surface area contributed by atoms with Gasteiger partial charge in [-0.15, -0.1) is 0 Å². The third kappa shape index (κ3) is 1.80. The maximum absolute atomic E-state index is 12.1. The monoisotopic (exact) mass is 226 g/mol. The van der Waals surface area contributed by atoms with E-state index in [2.05, 4.69) is 0 Å². The van der Waals surface area contributed by atoms with Crippen LogP contribution in [-0.2, 0) is 6.42 Å². The number of aliphatic hydroxyl groups excluding tert-OH is 1. The molecular weight excluding hydrogens is 212 g/mol. The highest BCUT2D eigenvalue weighted by atomic mass is 16.3. The predicted octanol–water partition coefficient (Wildman–Crippen LogP) is 3.06. The topological polar surface area (TPSA) is 37.3 Å². The Morgan fingerprint density at radius 3 is 2.82 bits per heavy atom. The number of Topliss-reactive ketones (excluding diaryl/α,β-unsaturated/α-hetero) is 1. The zero-order chi connectivity index (χ0) is 11.8. The van der Waals surface area contributed by atoms with Crippen molar-refractivity contribution >= 4 is 5.78 Å². The molecule has 1 N–H and O–H groups in total. The van der Waals surface area contributed by atoms with Crippen molar-refractivity contribution in [2.75, 3.05) is 0 Å². The summed E-state index contributed by atoms with van der Waals surface area (Å²) in [6.45, 7) is 0. The molecule has 0 heterocycles. The number of hydrogen-bond acceptors (Lipinski definition) is 2. The number of rotatable bonds is 0. The number of benzene rings is 1. The molecule has 2 nitrogen and oxygen atoms in total. The average Bonchev–Trinajstić information content (AvgIpc) is 2.46. The minimum Gasteiger partial charge on any atom is -0.508 e. The molecule has 0 aromatic heterocycles. The minimum absolute atomic E-state index is 0.139. The van der Waals surface area contributed by atoms with Gasteiger partial charge in [-0.25, -0.2) is 0 Å². The lowest BCUT2D eigenvalue weighted by Crippen LogP contribution is -2.16. The lowest BCUT2D eigenvalue weighted by Gasteiger charge is -2.21. The van der Waals surface area contributed by atoms with Crippen LogP contribution in [0.1, 0.15) is 22.3 Å². The van der Waals surface area contributed by atoms with Gasteiger partial charge in [-0.2, -0.15) is 0 Å². The second kappa shape index (κ2) is 3.88. The van der Waals surface area contributed by atoms with Gasteiger partial charge in [0, 0.05) is 12.0 Å². The molecule has 0 saturated carbocycles. The number of allylic oxidation sites excluding steroid dienone is 3. The van der Waals surface area contributed by atoms with Gasteiger partial charge in [0.05, 0.1) is 0 Å². The van der Waals surface area contributed by atoms with E-state index in [4.69, 9.17) is 0 Å². The molecule has 0 bridgehead atoms. The van der Waals surface area contributed by atoms with Crippen LogP contribution in [0.3, 0.4) is 0 Å². The number of hydrogen-bond donors (Lipinski definition) is 1. The fourth-order valence-electron chi connectivity index (χ4n) is 2.74. The van der Waals surface area contributed by atoms with E-state index in [0.29, 0.717) is 12.3 Å². The summed E-state index contributed by atoms with van der Waals surface area (Å²) in [4.78, 5) is 12.1. The summed E-state index contributed by atoms with van der Waals surface area (Å²) >= 11 is 0. The van der Waals surface area contributed by atoms with E-state index in [1.165, 1.54) is 0 Å². The third-order valence-electron chi connectivity index (χ3n) is 3.64. The predicted molar refractivity (Wildman–Crippen MR) is 65.9 cm³/mol. The molecule has 1 aromatic rings. The van der Waals surface area contributed by atoms with Crippen molar-refractivity contribution in [3.63, 3.8) is 0 Å². The Hall–Kier alpha value is -1.83. The molecule has 2 heteroatoms. The average molecular weight is 226 g/mol. The van der Waals surface area contributed by atoms with Gasteiger partial charge in [0.15, 0.2) is 5.78 Å². The van der Waals surface area contributed by atoms with Crippen LogP contribution in [0.25, 0.3) is 0 Å². The van der Waals surface area contributed by atoms with Crippen LogP contribution < -0.4 is 0 Å². The van der Waals surface area contributed by atoms with Crippen molar-refractivity contribution in [2.24, 2.45) is 11.8 Å². The summed E-state index contributed by atoms with van der Waals surface area (Å²) in [7, 11) is 0.